The fourth-order valence-electron chi connectivity index (χ4n) is 4.20. The van der Waals surface area contributed by atoms with Crippen molar-refractivity contribution >= 4 is 22.0 Å². The smallest absolute Gasteiger partial charge is 0.268 e. The lowest BCUT2D eigenvalue weighted by Crippen LogP contribution is -2.37. The summed E-state index contributed by atoms with van der Waals surface area (Å²) in [6.45, 7) is 4.12. The van der Waals surface area contributed by atoms with Crippen LogP contribution in [0, 0.1) is 0 Å². The molecule has 1 aliphatic heterocycles. The highest BCUT2D eigenvalue weighted by Crippen LogP contribution is 2.33. The maximum absolute atomic E-state index is 13.9. The molecule has 0 atom stereocenters. The predicted molar refractivity (Wildman–Crippen MR) is 133 cm³/mol. The summed E-state index contributed by atoms with van der Waals surface area (Å²) in [5.41, 5.74) is 4.28. The molecule has 1 fully saturated rings. The number of amides is 1. The maximum Gasteiger partial charge on any atom is 0.268 e. The van der Waals surface area contributed by atoms with E-state index >= 15 is 0 Å². The van der Waals surface area contributed by atoms with Crippen LogP contribution in [-0.2, 0) is 26.0 Å². The van der Waals surface area contributed by atoms with Gasteiger partial charge in [-0.1, -0.05) is 48.5 Å². The van der Waals surface area contributed by atoms with Gasteiger partial charge in [-0.2, -0.15) is 0 Å². The molecule has 0 spiro atoms. The Hall–Kier alpha value is -3.24. The van der Waals surface area contributed by atoms with Crippen LogP contribution in [0.5, 0.6) is 0 Å². The SMILES string of the molecule is O=C(/C=C/c1ccn(S(=O)(=O)c2c(CCCN3CCOCC3)cccc2-c2ccccc2)c1)NO. The summed E-state index contributed by atoms with van der Waals surface area (Å²) in [5.74, 6) is -0.697. The molecule has 0 bridgehead atoms. The summed E-state index contributed by atoms with van der Waals surface area (Å²) >= 11 is 0. The van der Waals surface area contributed by atoms with Crippen molar-refractivity contribution in [1.82, 2.24) is 14.4 Å². The number of hydrogen-bond donors (Lipinski definition) is 2. The summed E-state index contributed by atoms with van der Waals surface area (Å²) in [4.78, 5) is 13.9. The third-order valence-corrected chi connectivity index (χ3v) is 7.75. The van der Waals surface area contributed by atoms with E-state index in [2.05, 4.69) is 4.90 Å². The number of carbonyl (C=O) groups is 1. The van der Waals surface area contributed by atoms with Gasteiger partial charge in [-0.15, -0.1) is 0 Å². The Labute approximate surface area is 205 Å². The first-order valence-corrected chi connectivity index (χ1v) is 13.0. The summed E-state index contributed by atoms with van der Waals surface area (Å²) in [6, 6.07) is 16.7. The largest absolute Gasteiger partial charge is 0.379 e. The molecule has 2 heterocycles. The molecule has 8 nitrogen and oxygen atoms in total. The van der Waals surface area contributed by atoms with Gasteiger partial charge in [0.25, 0.3) is 15.9 Å². The van der Waals surface area contributed by atoms with Crippen LogP contribution < -0.4 is 5.48 Å². The average molecular weight is 496 g/mol. The lowest BCUT2D eigenvalue weighted by molar-refractivity contribution is -0.124. The van der Waals surface area contributed by atoms with E-state index < -0.39 is 15.9 Å². The van der Waals surface area contributed by atoms with Crippen LogP contribution in [0.2, 0.25) is 0 Å². The highest BCUT2D eigenvalue weighted by molar-refractivity contribution is 7.90. The second-order valence-corrected chi connectivity index (χ2v) is 10.1. The number of nitrogens with one attached hydrogen (secondary N) is 1. The van der Waals surface area contributed by atoms with E-state index in [4.69, 9.17) is 9.94 Å². The Bertz CT molecular complexity index is 1280. The Kier molecular flexibility index (Phi) is 8.14. The number of benzene rings is 2. The van der Waals surface area contributed by atoms with Crippen molar-refractivity contribution in [2.24, 2.45) is 0 Å². The van der Waals surface area contributed by atoms with Gasteiger partial charge >= 0.3 is 0 Å². The first-order valence-electron chi connectivity index (χ1n) is 11.5. The van der Waals surface area contributed by atoms with Gasteiger partial charge < -0.3 is 4.74 Å². The lowest BCUT2D eigenvalue weighted by atomic mass is 10.0. The van der Waals surface area contributed by atoms with Crippen molar-refractivity contribution in [3.05, 3.63) is 84.2 Å². The van der Waals surface area contributed by atoms with E-state index in [0.717, 1.165) is 56.5 Å². The number of aryl methyl sites for hydroxylation is 1. The zero-order valence-corrected chi connectivity index (χ0v) is 20.2. The van der Waals surface area contributed by atoms with Crippen LogP contribution in [-0.4, -0.2) is 61.3 Å². The van der Waals surface area contributed by atoms with Crippen molar-refractivity contribution in [3.8, 4) is 11.1 Å². The van der Waals surface area contributed by atoms with Crippen molar-refractivity contribution < 1.29 is 23.2 Å². The number of morpholine rings is 1. The minimum absolute atomic E-state index is 0.285. The maximum atomic E-state index is 13.9. The summed E-state index contributed by atoms with van der Waals surface area (Å²) in [5, 5.41) is 8.66. The van der Waals surface area contributed by atoms with Crippen molar-refractivity contribution in [1.29, 1.82) is 0 Å². The first-order chi connectivity index (χ1) is 17.0. The first kappa shape index (κ1) is 24.9. The van der Waals surface area contributed by atoms with E-state index in [-0.39, 0.29) is 4.90 Å². The normalized spacial score (nSPS) is 14.9. The second-order valence-electron chi connectivity index (χ2n) is 8.31. The monoisotopic (exact) mass is 495 g/mol. The summed E-state index contributed by atoms with van der Waals surface area (Å²) < 4.78 is 34.4. The van der Waals surface area contributed by atoms with Crippen LogP contribution >= 0.6 is 0 Å². The van der Waals surface area contributed by atoms with E-state index in [1.54, 1.807) is 6.07 Å². The molecule has 2 N–H and O–H groups in total. The number of hydrogen-bond acceptors (Lipinski definition) is 6. The molecule has 1 amide bonds. The number of hydroxylamine groups is 1. The molecule has 0 saturated carbocycles. The molecular formula is C26H29N3O5S. The number of nitrogens with zero attached hydrogens (tertiary/aromatic N) is 2. The third-order valence-electron chi connectivity index (χ3n) is 5.97. The molecule has 2 aromatic carbocycles. The molecule has 0 aliphatic carbocycles. The van der Waals surface area contributed by atoms with E-state index in [1.807, 2.05) is 48.5 Å². The van der Waals surface area contributed by atoms with E-state index in [9.17, 15) is 13.2 Å². The Morgan fingerprint density at radius 3 is 2.57 bits per heavy atom. The van der Waals surface area contributed by atoms with Crippen LogP contribution in [0.3, 0.4) is 0 Å². The highest BCUT2D eigenvalue weighted by Gasteiger charge is 2.25. The molecule has 184 valence electrons. The van der Waals surface area contributed by atoms with Crippen LogP contribution in [0.4, 0.5) is 0 Å². The van der Waals surface area contributed by atoms with E-state index in [1.165, 1.54) is 27.9 Å². The van der Waals surface area contributed by atoms with Gasteiger partial charge in [-0.3, -0.25) is 14.9 Å². The third kappa shape index (κ3) is 6.07. The van der Waals surface area contributed by atoms with Crippen molar-refractivity contribution in [3.63, 3.8) is 0 Å². The fraction of sp³-hybridized carbons (Fsp3) is 0.269. The van der Waals surface area contributed by atoms with Gasteiger partial charge in [0.2, 0.25) is 0 Å². The zero-order valence-electron chi connectivity index (χ0n) is 19.3. The molecule has 9 heteroatoms. The van der Waals surface area contributed by atoms with Gasteiger partial charge in [0.05, 0.1) is 18.1 Å². The Balaban J connectivity index is 1.68. The van der Waals surface area contributed by atoms with Crippen LogP contribution in [0.1, 0.15) is 17.5 Å². The zero-order chi connectivity index (χ0) is 24.7. The van der Waals surface area contributed by atoms with Crippen molar-refractivity contribution in [2.45, 2.75) is 17.7 Å². The quantitative estimate of drug-likeness (QED) is 0.269. The van der Waals surface area contributed by atoms with E-state index in [0.29, 0.717) is 17.5 Å². The fourth-order valence-corrected chi connectivity index (χ4v) is 5.86. The molecule has 1 aliphatic rings. The Morgan fingerprint density at radius 1 is 1.06 bits per heavy atom. The molecule has 35 heavy (non-hydrogen) atoms. The Morgan fingerprint density at radius 2 is 1.83 bits per heavy atom. The lowest BCUT2D eigenvalue weighted by Gasteiger charge is -2.26. The predicted octanol–water partition coefficient (Wildman–Crippen LogP) is 3.18. The van der Waals surface area contributed by atoms with Crippen LogP contribution in [0.15, 0.2) is 78.0 Å². The standard InChI is InChI=1S/C26H29N3O5S/c30-25(27-31)12-11-21-13-15-29(20-21)35(32,33)26-23(9-5-14-28-16-18-34-19-17-28)8-4-10-24(26)22-6-2-1-3-7-22/h1-4,6-8,10-13,15,20,31H,5,9,14,16-19H2,(H,27,30)/b12-11+. The summed E-state index contributed by atoms with van der Waals surface area (Å²) in [7, 11) is -3.93. The number of aromatic nitrogens is 1. The summed E-state index contributed by atoms with van der Waals surface area (Å²) in [6.07, 6.45) is 6.93. The minimum Gasteiger partial charge on any atom is -0.379 e. The van der Waals surface area contributed by atoms with Gasteiger partial charge in [0.1, 0.15) is 0 Å². The minimum atomic E-state index is -3.93. The topological polar surface area (TPSA) is 101 Å². The number of rotatable bonds is 9. The van der Waals surface area contributed by atoms with Gasteiger partial charge in [-0.05, 0) is 48.2 Å². The number of carbonyl (C=O) groups excluding carboxylic acids is 1. The van der Waals surface area contributed by atoms with Gasteiger partial charge in [-0.25, -0.2) is 17.9 Å². The van der Waals surface area contributed by atoms with Gasteiger partial charge in [0, 0.05) is 37.1 Å². The second kappa shape index (κ2) is 11.5. The number of ether oxygens (including phenoxy) is 1. The highest BCUT2D eigenvalue weighted by atomic mass is 32.2. The average Bonchev–Trinajstić information content (AvgIpc) is 3.38. The molecule has 3 aromatic rings. The molecular weight excluding hydrogens is 466 g/mol. The van der Waals surface area contributed by atoms with Crippen molar-refractivity contribution in [2.75, 3.05) is 32.8 Å². The molecule has 4 rings (SSSR count). The molecule has 1 aromatic heterocycles. The molecule has 0 radical (unpaired) electrons. The molecule has 1 saturated heterocycles. The van der Waals surface area contributed by atoms with Crippen LogP contribution in [0.25, 0.3) is 17.2 Å². The molecule has 0 unspecified atom stereocenters. The van der Waals surface area contributed by atoms with Gasteiger partial charge in [0.15, 0.2) is 0 Å².